The molecule has 0 amide bonds. The molecule has 2 heterocycles. The van der Waals surface area contributed by atoms with Crippen LogP contribution in [0.5, 0.6) is 0 Å². The van der Waals surface area contributed by atoms with E-state index in [9.17, 15) is 5.02 Å². The maximum atomic E-state index is 9.45. The molecule has 6 heteroatoms. The lowest BCUT2D eigenvalue weighted by Crippen LogP contribution is -2.51. The van der Waals surface area contributed by atoms with Crippen LogP contribution in [0.25, 0.3) is 0 Å². The summed E-state index contributed by atoms with van der Waals surface area (Å²) >= 11 is 0. The normalized spacial score (nSPS) is 17.5. The first-order valence-electron chi connectivity index (χ1n) is 5.55. The lowest BCUT2D eigenvalue weighted by atomic mass is 9.84. The molecule has 0 radical (unpaired) electrons. The number of hydrogen-bond acceptors (Lipinski definition) is 5. The minimum Gasteiger partial charge on any atom is -0.437 e. The van der Waals surface area contributed by atoms with Crippen molar-refractivity contribution in [1.29, 1.82) is 0 Å². The summed E-state index contributed by atoms with van der Waals surface area (Å²) in [6, 6.07) is 3.80. The second-order valence-electron chi connectivity index (χ2n) is 4.10. The van der Waals surface area contributed by atoms with Crippen LogP contribution in [-0.4, -0.2) is 48.0 Å². The molecular weight excluding hydrogens is 203 g/mol. The van der Waals surface area contributed by atoms with Gasteiger partial charge in [-0.25, -0.2) is 4.98 Å². The number of aromatic nitrogens is 1. The van der Waals surface area contributed by atoms with Crippen LogP contribution in [0.4, 0.5) is 11.5 Å². The van der Waals surface area contributed by atoms with E-state index in [2.05, 4.69) is 9.88 Å². The van der Waals surface area contributed by atoms with E-state index in [1.54, 1.807) is 13.0 Å². The number of anilines is 2. The van der Waals surface area contributed by atoms with Crippen LogP contribution in [0.1, 0.15) is 0 Å². The van der Waals surface area contributed by atoms with Gasteiger partial charge in [0, 0.05) is 26.2 Å². The fourth-order valence-corrected chi connectivity index (χ4v) is 1.91. The first-order chi connectivity index (χ1) is 7.66. The monoisotopic (exact) mass is 220 g/mol. The molecule has 16 heavy (non-hydrogen) atoms. The molecule has 1 aromatic heterocycles. The van der Waals surface area contributed by atoms with Crippen LogP contribution in [0.2, 0.25) is 6.82 Å². The molecular formula is C10H17BN4O. The molecule has 0 saturated carbocycles. The largest absolute Gasteiger partial charge is 0.437 e. The molecule has 0 aliphatic carbocycles. The van der Waals surface area contributed by atoms with E-state index in [-0.39, 0.29) is 7.05 Å². The summed E-state index contributed by atoms with van der Waals surface area (Å²) in [5.41, 5.74) is 6.28. The van der Waals surface area contributed by atoms with Gasteiger partial charge >= 0.3 is 7.05 Å². The van der Waals surface area contributed by atoms with Gasteiger partial charge in [-0.3, -0.25) is 0 Å². The van der Waals surface area contributed by atoms with Gasteiger partial charge in [0.25, 0.3) is 0 Å². The Morgan fingerprint density at radius 3 is 2.50 bits per heavy atom. The quantitative estimate of drug-likeness (QED) is 0.681. The first kappa shape index (κ1) is 11.2. The van der Waals surface area contributed by atoms with Crippen LogP contribution >= 0.6 is 0 Å². The molecule has 1 aliphatic rings. The topological polar surface area (TPSA) is 65.6 Å². The first-order valence-corrected chi connectivity index (χ1v) is 5.55. The summed E-state index contributed by atoms with van der Waals surface area (Å²) in [5.74, 6) is 0.958. The summed E-state index contributed by atoms with van der Waals surface area (Å²) in [7, 11) is -0.360. The molecule has 0 bridgehead atoms. The van der Waals surface area contributed by atoms with Crippen molar-refractivity contribution in [3.63, 3.8) is 0 Å². The lowest BCUT2D eigenvalue weighted by molar-refractivity contribution is 0.344. The highest BCUT2D eigenvalue weighted by atomic mass is 16.2. The van der Waals surface area contributed by atoms with E-state index < -0.39 is 0 Å². The minimum absolute atomic E-state index is 0.360. The zero-order valence-corrected chi connectivity index (χ0v) is 9.50. The van der Waals surface area contributed by atoms with E-state index in [1.165, 1.54) is 0 Å². The third kappa shape index (κ3) is 2.45. The van der Waals surface area contributed by atoms with Crippen molar-refractivity contribution in [3.05, 3.63) is 18.3 Å². The second kappa shape index (κ2) is 4.72. The van der Waals surface area contributed by atoms with Gasteiger partial charge in [-0.2, -0.15) is 0 Å². The molecule has 1 aromatic rings. The van der Waals surface area contributed by atoms with Gasteiger partial charge in [0.05, 0.1) is 11.9 Å². The number of piperazine rings is 1. The van der Waals surface area contributed by atoms with Crippen LogP contribution in [0, 0.1) is 0 Å². The predicted octanol–water partition coefficient (Wildman–Crippen LogP) is -0.104. The molecule has 0 unspecified atom stereocenters. The van der Waals surface area contributed by atoms with Crippen molar-refractivity contribution in [3.8, 4) is 0 Å². The number of nitrogens with two attached hydrogens (primary N) is 1. The molecule has 0 atom stereocenters. The summed E-state index contributed by atoms with van der Waals surface area (Å²) < 4.78 is 0. The zero-order chi connectivity index (χ0) is 11.5. The maximum absolute atomic E-state index is 9.45. The smallest absolute Gasteiger partial charge is 0.376 e. The fourth-order valence-electron chi connectivity index (χ4n) is 1.91. The SMILES string of the molecule is CB(O)N1CCN(c2ccc(N)cn2)CC1. The Kier molecular flexibility index (Phi) is 3.31. The lowest BCUT2D eigenvalue weighted by Gasteiger charge is -2.35. The highest BCUT2D eigenvalue weighted by Gasteiger charge is 2.22. The Hall–Kier alpha value is -1.27. The summed E-state index contributed by atoms with van der Waals surface area (Å²) in [4.78, 5) is 8.55. The van der Waals surface area contributed by atoms with Crippen LogP contribution in [0.15, 0.2) is 18.3 Å². The van der Waals surface area contributed by atoms with E-state index >= 15 is 0 Å². The predicted molar refractivity (Wildman–Crippen MR) is 66.3 cm³/mol. The minimum atomic E-state index is -0.360. The standard InChI is InChI=1S/C10H17BN4O/c1-11(16)15-6-4-14(5-7-15)10-3-2-9(12)8-13-10/h2-3,8,16H,4-7,12H2,1H3. The third-order valence-corrected chi connectivity index (χ3v) is 2.94. The molecule has 1 aliphatic heterocycles. The zero-order valence-electron chi connectivity index (χ0n) is 9.50. The second-order valence-corrected chi connectivity index (χ2v) is 4.10. The van der Waals surface area contributed by atoms with Gasteiger partial charge in [0.15, 0.2) is 0 Å². The Labute approximate surface area is 96.0 Å². The molecule has 1 fully saturated rings. The molecule has 5 nitrogen and oxygen atoms in total. The highest BCUT2D eigenvalue weighted by Crippen LogP contribution is 2.14. The van der Waals surface area contributed by atoms with Crippen molar-refractivity contribution in [2.45, 2.75) is 6.82 Å². The molecule has 3 N–H and O–H groups in total. The molecule has 2 rings (SSSR count). The van der Waals surface area contributed by atoms with E-state index in [1.807, 2.05) is 16.9 Å². The number of nitrogens with zero attached hydrogens (tertiary/aromatic N) is 3. The molecule has 0 aromatic carbocycles. The van der Waals surface area contributed by atoms with Crippen molar-refractivity contribution < 1.29 is 5.02 Å². The van der Waals surface area contributed by atoms with Crippen LogP contribution in [-0.2, 0) is 0 Å². The molecule has 1 saturated heterocycles. The number of pyridine rings is 1. The third-order valence-electron chi connectivity index (χ3n) is 2.94. The summed E-state index contributed by atoms with van der Waals surface area (Å²) in [6.07, 6.45) is 1.68. The molecule has 0 spiro atoms. The fraction of sp³-hybridized carbons (Fsp3) is 0.500. The van der Waals surface area contributed by atoms with E-state index in [0.29, 0.717) is 5.69 Å². The van der Waals surface area contributed by atoms with Crippen molar-refractivity contribution >= 4 is 18.6 Å². The summed E-state index contributed by atoms with van der Waals surface area (Å²) in [6.45, 7) is 5.31. The van der Waals surface area contributed by atoms with Gasteiger partial charge in [0.2, 0.25) is 0 Å². The van der Waals surface area contributed by atoms with E-state index in [4.69, 9.17) is 5.73 Å². The molecule has 86 valence electrons. The number of nitrogen functional groups attached to an aromatic ring is 1. The van der Waals surface area contributed by atoms with Gasteiger partial charge in [-0.15, -0.1) is 0 Å². The Balaban J connectivity index is 1.96. The van der Waals surface area contributed by atoms with Crippen LogP contribution in [0.3, 0.4) is 0 Å². The van der Waals surface area contributed by atoms with Gasteiger partial charge < -0.3 is 20.5 Å². The highest BCUT2D eigenvalue weighted by molar-refractivity contribution is 6.45. The average molecular weight is 220 g/mol. The Morgan fingerprint density at radius 1 is 1.31 bits per heavy atom. The van der Waals surface area contributed by atoms with Gasteiger partial charge in [0.1, 0.15) is 5.82 Å². The van der Waals surface area contributed by atoms with Crippen molar-refractivity contribution in [2.75, 3.05) is 36.8 Å². The van der Waals surface area contributed by atoms with E-state index in [0.717, 1.165) is 32.0 Å². The van der Waals surface area contributed by atoms with Gasteiger partial charge in [-0.1, -0.05) is 0 Å². The van der Waals surface area contributed by atoms with Gasteiger partial charge in [-0.05, 0) is 19.0 Å². The van der Waals surface area contributed by atoms with Crippen LogP contribution < -0.4 is 10.6 Å². The van der Waals surface area contributed by atoms with Crippen molar-refractivity contribution in [2.24, 2.45) is 0 Å². The Morgan fingerprint density at radius 2 is 2.00 bits per heavy atom. The number of hydrogen-bond donors (Lipinski definition) is 2. The summed E-state index contributed by atoms with van der Waals surface area (Å²) in [5, 5.41) is 9.45. The maximum Gasteiger partial charge on any atom is 0.376 e. The van der Waals surface area contributed by atoms with Crippen molar-refractivity contribution in [1.82, 2.24) is 9.79 Å². The average Bonchev–Trinajstić information content (AvgIpc) is 2.30. The Bertz CT molecular complexity index is 335. The number of rotatable bonds is 2.